The summed E-state index contributed by atoms with van der Waals surface area (Å²) in [7, 11) is 0. The van der Waals surface area contributed by atoms with E-state index in [0.717, 1.165) is 42.0 Å². The van der Waals surface area contributed by atoms with Gasteiger partial charge in [0.1, 0.15) is 5.82 Å². The molecule has 0 bridgehead atoms. The van der Waals surface area contributed by atoms with E-state index in [2.05, 4.69) is 20.4 Å². The zero-order valence-electron chi connectivity index (χ0n) is 15.2. The van der Waals surface area contributed by atoms with Crippen LogP contribution in [0.4, 0.5) is 4.39 Å². The highest BCUT2D eigenvalue weighted by Crippen LogP contribution is 2.33. The summed E-state index contributed by atoms with van der Waals surface area (Å²) in [6, 6.07) is 6.03. The largest absolute Gasteiger partial charge is 0.376 e. The van der Waals surface area contributed by atoms with Gasteiger partial charge >= 0.3 is 0 Å². The summed E-state index contributed by atoms with van der Waals surface area (Å²) in [6.45, 7) is 2.59. The molecule has 0 aliphatic carbocycles. The van der Waals surface area contributed by atoms with Gasteiger partial charge in [-0.3, -0.25) is 15.0 Å². The number of ether oxygens (including phenoxy) is 1. The van der Waals surface area contributed by atoms with Gasteiger partial charge in [0.2, 0.25) is 0 Å². The lowest BCUT2D eigenvalue weighted by atomic mass is 9.98. The number of amides is 1. The van der Waals surface area contributed by atoms with Gasteiger partial charge < -0.3 is 9.64 Å². The van der Waals surface area contributed by atoms with Crippen LogP contribution >= 0.6 is 0 Å². The number of likely N-dealkylation sites (tertiary alicyclic amines) is 1. The van der Waals surface area contributed by atoms with Gasteiger partial charge in [0, 0.05) is 42.2 Å². The molecule has 7 nitrogen and oxygen atoms in total. The van der Waals surface area contributed by atoms with Gasteiger partial charge in [-0.05, 0) is 30.7 Å². The van der Waals surface area contributed by atoms with Crippen LogP contribution in [0.3, 0.4) is 0 Å². The molecular weight excluding hydrogens is 361 g/mol. The first-order chi connectivity index (χ1) is 13.7. The molecule has 1 fully saturated rings. The second-order valence-corrected chi connectivity index (χ2v) is 7.27. The SMILES string of the molecule is O=C(c1cn[nH]c1-c1ccc(F)cc1)N1CCC(c2n[nH]c3c2COCC3)C1. The Hall–Kier alpha value is -3.00. The van der Waals surface area contributed by atoms with Crippen molar-refractivity contribution < 1.29 is 13.9 Å². The molecular formula is C20H20FN5O2. The Balaban J connectivity index is 1.36. The number of carbonyl (C=O) groups is 1. The van der Waals surface area contributed by atoms with Gasteiger partial charge in [-0.2, -0.15) is 10.2 Å². The third kappa shape index (κ3) is 2.90. The Morgan fingerprint density at radius 1 is 1.25 bits per heavy atom. The number of carbonyl (C=O) groups excluding carboxylic acids is 1. The van der Waals surface area contributed by atoms with Gasteiger partial charge in [-0.1, -0.05) is 0 Å². The minimum absolute atomic E-state index is 0.0729. The number of rotatable bonds is 3. The van der Waals surface area contributed by atoms with Crippen LogP contribution in [-0.2, 0) is 17.8 Å². The van der Waals surface area contributed by atoms with E-state index in [1.54, 1.807) is 18.3 Å². The summed E-state index contributed by atoms with van der Waals surface area (Å²) in [4.78, 5) is 15.0. The minimum atomic E-state index is -0.315. The predicted molar refractivity (Wildman–Crippen MR) is 99.2 cm³/mol. The highest BCUT2D eigenvalue weighted by Gasteiger charge is 2.33. The van der Waals surface area contributed by atoms with E-state index in [1.807, 2.05) is 4.90 Å². The number of aromatic amines is 2. The molecule has 2 N–H and O–H groups in total. The molecule has 2 aromatic heterocycles. The molecule has 1 aromatic carbocycles. The minimum Gasteiger partial charge on any atom is -0.376 e. The average Bonchev–Trinajstić information content (AvgIpc) is 3.46. The molecule has 28 heavy (non-hydrogen) atoms. The van der Waals surface area contributed by atoms with Gasteiger partial charge in [-0.25, -0.2) is 4.39 Å². The third-order valence-electron chi connectivity index (χ3n) is 5.59. The van der Waals surface area contributed by atoms with Crippen molar-refractivity contribution in [3.63, 3.8) is 0 Å². The molecule has 0 saturated carbocycles. The molecule has 4 heterocycles. The number of H-pyrrole nitrogens is 2. The van der Waals surface area contributed by atoms with E-state index in [4.69, 9.17) is 4.74 Å². The molecule has 1 saturated heterocycles. The number of nitrogens with one attached hydrogen (secondary N) is 2. The van der Waals surface area contributed by atoms with Crippen molar-refractivity contribution in [3.05, 3.63) is 58.8 Å². The first-order valence-electron chi connectivity index (χ1n) is 9.43. The molecule has 1 unspecified atom stereocenters. The topological polar surface area (TPSA) is 86.9 Å². The first kappa shape index (κ1) is 17.1. The molecule has 5 rings (SSSR count). The standard InChI is InChI=1S/C20H20FN5O2/c21-14-3-1-12(2-4-14)18-15(9-22-24-18)20(27)26-7-5-13(10-26)19-16-11-28-8-6-17(16)23-25-19/h1-4,9,13H,5-8,10-11H2,(H,22,24)(H,23,25). The van der Waals surface area contributed by atoms with Crippen LogP contribution in [0.5, 0.6) is 0 Å². The first-order valence-corrected chi connectivity index (χ1v) is 9.43. The van der Waals surface area contributed by atoms with Gasteiger partial charge in [0.15, 0.2) is 0 Å². The number of aromatic nitrogens is 4. The monoisotopic (exact) mass is 381 g/mol. The molecule has 2 aliphatic rings. The van der Waals surface area contributed by atoms with Crippen molar-refractivity contribution >= 4 is 5.91 Å². The smallest absolute Gasteiger partial charge is 0.257 e. The van der Waals surface area contributed by atoms with Gasteiger partial charge in [-0.15, -0.1) is 0 Å². The molecule has 1 amide bonds. The zero-order chi connectivity index (χ0) is 19.1. The molecule has 0 spiro atoms. The third-order valence-corrected chi connectivity index (χ3v) is 5.59. The van der Waals surface area contributed by atoms with Crippen molar-refractivity contribution in [2.24, 2.45) is 0 Å². The molecule has 1 atom stereocenters. The fourth-order valence-corrected chi connectivity index (χ4v) is 4.09. The molecule has 8 heteroatoms. The molecule has 2 aliphatic heterocycles. The van der Waals surface area contributed by atoms with E-state index in [0.29, 0.717) is 31.0 Å². The summed E-state index contributed by atoms with van der Waals surface area (Å²) >= 11 is 0. The van der Waals surface area contributed by atoms with E-state index >= 15 is 0 Å². The van der Waals surface area contributed by atoms with Crippen LogP contribution in [0.25, 0.3) is 11.3 Å². The van der Waals surface area contributed by atoms with Crippen LogP contribution < -0.4 is 0 Å². The summed E-state index contributed by atoms with van der Waals surface area (Å²) in [5.41, 5.74) is 5.17. The van der Waals surface area contributed by atoms with Crippen molar-refractivity contribution in [1.82, 2.24) is 25.3 Å². The maximum Gasteiger partial charge on any atom is 0.257 e. The summed E-state index contributed by atoms with van der Waals surface area (Å²) in [6.07, 6.45) is 3.26. The molecule has 0 radical (unpaired) electrons. The van der Waals surface area contributed by atoms with Crippen molar-refractivity contribution in [3.8, 4) is 11.3 Å². The normalized spacial score (nSPS) is 19.0. The van der Waals surface area contributed by atoms with E-state index in [9.17, 15) is 9.18 Å². The number of hydrogen-bond donors (Lipinski definition) is 2. The van der Waals surface area contributed by atoms with E-state index in [-0.39, 0.29) is 17.6 Å². The van der Waals surface area contributed by atoms with Crippen LogP contribution in [0.1, 0.15) is 39.6 Å². The summed E-state index contributed by atoms with van der Waals surface area (Å²) < 4.78 is 18.8. The lowest BCUT2D eigenvalue weighted by Crippen LogP contribution is -2.28. The second kappa shape index (κ2) is 6.87. The Kier molecular flexibility index (Phi) is 4.20. The number of benzene rings is 1. The molecule has 144 valence electrons. The fourth-order valence-electron chi connectivity index (χ4n) is 4.09. The van der Waals surface area contributed by atoms with E-state index < -0.39 is 0 Å². The lowest BCUT2D eigenvalue weighted by molar-refractivity contribution is 0.0791. The van der Waals surface area contributed by atoms with E-state index in [1.165, 1.54) is 12.1 Å². The Morgan fingerprint density at radius 3 is 2.96 bits per heavy atom. The van der Waals surface area contributed by atoms with Crippen LogP contribution in [-0.4, -0.2) is 50.9 Å². The van der Waals surface area contributed by atoms with Crippen molar-refractivity contribution in [2.75, 3.05) is 19.7 Å². The predicted octanol–water partition coefficient (Wildman–Crippen LogP) is 2.64. The zero-order valence-corrected chi connectivity index (χ0v) is 15.2. The van der Waals surface area contributed by atoms with Crippen LogP contribution in [0, 0.1) is 5.82 Å². The summed E-state index contributed by atoms with van der Waals surface area (Å²) in [5, 5.41) is 14.6. The summed E-state index contributed by atoms with van der Waals surface area (Å²) in [5.74, 6) is -0.187. The highest BCUT2D eigenvalue weighted by molar-refractivity contribution is 5.99. The Labute approximate surface area is 160 Å². The number of hydrogen-bond acceptors (Lipinski definition) is 4. The highest BCUT2D eigenvalue weighted by atomic mass is 19.1. The number of halogens is 1. The Morgan fingerprint density at radius 2 is 2.11 bits per heavy atom. The van der Waals surface area contributed by atoms with Crippen LogP contribution in [0.15, 0.2) is 30.5 Å². The van der Waals surface area contributed by atoms with Crippen molar-refractivity contribution in [1.29, 1.82) is 0 Å². The van der Waals surface area contributed by atoms with Gasteiger partial charge in [0.05, 0.1) is 36.4 Å². The molecule has 3 aromatic rings. The van der Waals surface area contributed by atoms with Crippen molar-refractivity contribution in [2.45, 2.75) is 25.4 Å². The fraction of sp³-hybridized carbons (Fsp3) is 0.350. The van der Waals surface area contributed by atoms with Gasteiger partial charge in [0.25, 0.3) is 5.91 Å². The maximum absolute atomic E-state index is 13.2. The number of fused-ring (bicyclic) bond motifs is 1. The maximum atomic E-state index is 13.2. The second-order valence-electron chi connectivity index (χ2n) is 7.27. The van der Waals surface area contributed by atoms with Crippen LogP contribution in [0.2, 0.25) is 0 Å². The average molecular weight is 381 g/mol. The number of nitrogens with zero attached hydrogens (tertiary/aromatic N) is 3. The quantitative estimate of drug-likeness (QED) is 0.730. The Bertz CT molecular complexity index is 1010. The lowest BCUT2D eigenvalue weighted by Gasteiger charge is -2.17.